The number of nitrogens with zero attached hydrogens (tertiary/aromatic N) is 1. The van der Waals surface area contributed by atoms with Crippen LogP contribution in [0.25, 0.3) is 0 Å². The first kappa shape index (κ1) is 19.6. The van der Waals surface area contributed by atoms with Crippen LogP contribution in [0.5, 0.6) is 0 Å². The van der Waals surface area contributed by atoms with E-state index in [2.05, 4.69) is 60.2 Å². The molecule has 144 valence electrons. The summed E-state index contributed by atoms with van der Waals surface area (Å²) in [7, 11) is 0. The second-order valence-electron chi connectivity index (χ2n) is 7.54. The van der Waals surface area contributed by atoms with E-state index in [4.69, 9.17) is 0 Å². The van der Waals surface area contributed by atoms with Crippen molar-refractivity contribution in [1.82, 2.24) is 10.2 Å². The zero-order chi connectivity index (χ0) is 19.4. The molecular weight excluding hydrogens is 358 g/mol. The Morgan fingerprint density at radius 2 is 1.96 bits per heavy atom. The van der Waals surface area contributed by atoms with Crippen LogP contribution in [0.15, 0.2) is 41.8 Å². The molecule has 0 radical (unpaired) electrons. The van der Waals surface area contributed by atoms with Crippen molar-refractivity contribution < 1.29 is 14.9 Å². The summed E-state index contributed by atoms with van der Waals surface area (Å²) in [5.74, 6) is 0.489. The highest BCUT2D eigenvalue weighted by Crippen LogP contribution is 2.24. The van der Waals surface area contributed by atoms with E-state index in [9.17, 15) is 9.59 Å². The Hall–Kier alpha value is -2.18. The molecule has 1 saturated heterocycles. The summed E-state index contributed by atoms with van der Waals surface area (Å²) in [5, 5.41) is 6.82. The van der Waals surface area contributed by atoms with Gasteiger partial charge in [0.25, 0.3) is 5.91 Å². The monoisotopic (exact) mass is 386 g/mol. The van der Waals surface area contributed by atoms with Gasteiger partial charge in [0.05, 0.1) is 4.88 Å². The lowest BCUT2D eigenvalue weighted by Gasteiger charge is -2.22. The zero-order valence-electron chi connectivity index (χ0n) is 16.1. The number of imide groups is 1. The van der Waals surface area contributed by atoms with Crippen LogP contribution in [-0.4, -0.2) is 36.0 Å². The summed E-state index contributed by atoms with van der Waals surface area (Å²) in [6, 6.07) is 12.3. The van der Waals surface area contributed by atoms with Gasteiger partial charge in [-0.05, 0) is 36.3 Å². The normalized spacial score (nSPS) is 16.4. The van der Waals surface area contributed by atoms with Gasteiger partial charge in [0.2, 0.25) is 0 Å². The molecule has 2 atom stereocenters. The fourth-order valence-corrected chi connectivity index (χ4v) is 4.30. The van der Waals surface area contributed by atoms with Crippen LogP contribution in [0, 0.1) is 5.92 Å². The molecule has 1 aliphatic rings. The summed E-state index contributed by atoms with van der Waals surface area (Å²) in [5.41, 5.74) is 2.51. The summed E-state index contributed by atoms with van der Waals surface area (Å²) >= 11 is 1.69. The van der Waals surface area contributed by atoms with E-state index in [0.29, 0.717) is 19.0 Å². The highest BCUT2D eigenvalue weighted by atomic mass is 32.1. The summed E-state index contributed by atoms with van der Waals surface area (Å²) < 4.78 is 0. The lowest BCUT2D eigenvalue weighted by molar-refractivity contribution is -0.704. The van der Waals surface area contributed by atoms with Gasteiger partial charge >= 0.3 is 6.03 Å². The highest BCUT2D eigenvalue weighted by Gasteiger charge is 2.33. The number of urea groups is 1. The molecule has 0 aliphatic carbocycles. The van der Waals surface area contributed by atoms with Crippen molar-refractivity contribution in [3.8, 4) is 0 Å². The van der Waals surface area contributed by atoms with Gasteiger partial charge < -0.3 is 10.6 Å². The first-order valence-electron chi connectivity index (χ1n) is 9.52. The average Bonchev–Trinajstić information content (AvgIpc) is 3.31. The number of carbonyl (C=O) groups is 2. The molecule has 2 aromatic rings. The molecule has 3 rings (SSSR count). The van der Waals surface area contributed by atoms with Crippen LogP contribution in [-0.2, 0) is 11.2 Å². The molecule has 3 N–H and O–H groups in total. The second kappa shape index (κ2) is 8.67. The van der Waals surface area contributed by atoms with Crippen LogP contribution >= 0.6 is 11.3 Å². The Kier molecular flexibility index (Phi) is 6.29. The van der Waals surface area contributed by atoms with Crippen molar-refractivity contribution in [2.24, 2.45) is 5.92 Å². The topological polar surface area (TPSA) is 66.0 Å². The van der Waals surface area contributed by atoms with E-state index in [1.165, 1.54) is 20.9 Å². The summed E-state index contributed by atoms with van der Waals surface area (Å²) in [4.78, 5) is 27.0. The molecular formula is C21H28N3O2S+. The maximum absolute atomic E-state index is 12.7. The van der Waals surface area contributed by atoms with Gasteiger partial charge in [0.15, 0.2) is 6.04 Å². The summed E-state index contributed by atoms with van der Waals surface area (Å²) in [6.07, 6.45) is 1.06. The Bertz CT molecular complexity index is 771. The van der Waals surface area contributed by atoms with Gasteiger partial charge in [-0.3, -0.25) is 9.69 Å². The molecule has 2 heterocycles. The molecule has 6 heteroatoms. The van der Waals surface area contributed by atoms with E-state index >= 15 is 0 Å². The van der Waals surface area contributed by atoms with Crippen molar-refractivity contribution in [3.63, 3.8) is 0 Å². The Morgan fingerprint density at radius 1 is 1.22 bits per heavy atom. The van der Waals surface area contributed by atoms with Crippen LogP contribution in [0.2, 0.25) is 0 Å². The smallest absolute Gasteiger partial charge is 0.324 e. The highest BCUT2D eigenvalue weighted by molar-refractivity contribution is 7.10. The maximum Gasteiger partial charge on any atom is 0.324 e. The van der Waals surface area contributed by atoms with Crippen LogP contribution < -0.4 is 10.6 Å². The van der Waals surface area contributed by atoms with E-state index in [-0.39, 0.29) is 24.0 Å². The minimum atomic E-state index is -0.337. The van der Waals surface area contributed by atoms with Gasteiger partial charge in [-0.2, -0.15) is 0 Å². The molecule has 27 heavy (non-hydrogen) atoms. The SMILES string of the molecule is CC(C)Cc1ccc([C@@H]([NH2+][C@@H](C)C(=O)N2CCNC2=O)c2cccs2)cc1. The number of nitrogens with two attached hydrogens (primary N) is 1. The molecule has 0 saturated carbocycles. The molecule has 1 aromatic carbocycles. The first-order valence-corrected chi connectivity index (χ1v) is 10.4. The number of amides is 3. The van der Waals surface area contributed by atoms with Gasteiger partial charge in [-0.1, -0.05) is 44.2 Å². The van der Waals surface area contributed by atoms with Crippen molar-refractivity contribution in [1.29, 1.82) is 0 Å². The third-order valence-electron chi connectivity index (χ3n) is 4.83. The van der Waals surface area contributed by atoms with E-state index < -0.39 is 0 Å². The van der Waals surface area contributed by atoms with Gasteiger partial charge in [0.1, 0.15) is 6.04 Å². The molecule has 1 fully saturated rings. The fraction of sp³-hybridized carbons (Fsp3) is 0.429. The standard InChI is InChI=1S/C21H27N3O2S/c1-14(2)13-16-6-8-17(9-7-16)19(18-5-4-12-27-18)23-15(3)20(25)24-11-10-22-21(24)26/h4-9,12,14-15,19,23H,10-11,13H2,1-3H3,(H,22,26)/p+1/t15-,19+/m0/s1. The predicted molar refractivity (Wildman–Crippen MR) is 108 cm³/mol. The maximum atomic E-state index is 12.7. The van der Waals surface area contributed by atoms with Crippen molar-refractivity contribution in [3.05, 3.63) is 57.8 Å². The minimum absolute atomic E-state index is 0.0442. The lowest BCUT2D eigenvalue weighted by atomic mass is 9.98. The number of rotatable bonds is 7. The van der Waals surface area contributed by atoms with Gasteiger partial charge in [0, 0.05) is 18.7 Å². The van der Waals surface area contributed by atoms with Gasteiger partial charge in [-0.15, -0.1) is 11.3 Å². The van der Waals surface area contributed by atoms with E-state index in [0.717, 1.165) is 6.42 Å². The second-order valence-corrected chi connectivity index (χ2v) is 8.51. The third-order valence-corrected chi connectivity index (χ3v) is 5.78. The fourth-order valence-electron chi connectivity index (χ4n) is 3.47. The van der Waals surface area contributed by atoms with Crippen LogP contribution in [0.4, 0.5) is 4.79 Å². The number of thiophene rings is 1. The Balaban J connectivity index is 1.78. The molecule has 0 spiro atoms. The average molecular weight is 387 g/mol. The third kappa shape index (κ3) is 4.76. The van der Waals surface area contributed by atoms with Crippen LogP contribution in [0.3, 0.4) is 0 Å². The van der Waals surface area contributed by atoms with Gasteiger partial charge in [-0.25, -0.2) is 4.79 Å². The summed E-state index contributed by atoms with van der Waals surface area (Å²) in [6.45, 7) is 7.30. The number of carbonyl (C=O) groups excluding carboxylic acids is 2. The Morgan fingerprint density at radius 3 is 2.52 bits per heavy atom. The number of nitrogens with one attached hydrogen (secondary N) is 1. The number of hydrogen-bond donors (Lipinski definition) is 2. The molecule has 1 aliphatic heterocycles. The largest absolute Gasteiger partial charge is 0.336 e. The zero-order valence-corrected chi connectivity index (χ0v) is 17.0. The molecule has 3 amide bonds. The molecule has 0 unspecified atom stereocenters. The first-order chi connectivity index (χ1) is 13.0. The molecule has 5 nitrogen and oxygen atoms in total. The molecule has 0 bridgehead atoms. The van der Waals surface area contributed by atoms with Crippen LogP contribution in [0.1, 0.15) is 42.8 Å². The van der Waals surface area contributed by atoms with E-state index in [1.807, 2.05) is 13.0 Å². The predicted octanol–water partition coefficient (Wildman–Crippen LogP) is 2.54. The Labute approximate surface area is 164 Å². The minimum Gasteiger partial charge on any atom is -0.336 e. The van der Waals surface area contributed by atoms with Crippen molar-refractivity contribution in [2.75, 3.05) is 13.1 Å². The van der Waals surface area contributed by atoms with Crippen molar-refractivity contribution in [2.45, 2.75) is 39.3 Å². The quantitative estimate of drug-likeness (QED) is 0.768. The molecule has 1 aromatic heterocycles. The lowest BCUT2D eigenvalue weighted by Crippen LogP contribution is -2.92. The van der Waals surface area contributed by atoms with Crippen molar-refractivity contribution >= 4 is 23.3 Å². The number of quaternary nitrogens is 1. The van der Waals surface area contributed by atoms with E-state index in [1.54, 1.807) is 11.3 Å². The number of benzene rings is 1. The number of hydrogen-bond acceptors (Lipinski definition) is 3.